The van der Waals surface area contributed by atoms with E-state index in [0.29, 0.717) is 0 Å². The SMILES string of the molecule is CC(C)[C@H](NC(=O)OC(C)(C)C)C(=O)NC1CCNCC1. The Bertz CT molecular complexity index is 358. The molecule has 0 spiro atoms. The van der Waals surface area contributed by atoms with Crippen LogP contribution in [-0.4, -0.2) is 42.8 Å². The minimum atomic E-state index is -0.574. The maximum absolute atomic E-state index is 12.4. The monoisotopic (exact) mass is 299 g/mol. The maximum atomic E-state index is 12.4. The lowest BCUT2D eigenvalue weighted by molar-refractivity contribution is -0.125. The molecular formula is C15H29N3O3. The normalized spacial score (nSPS) is 18.2. The van der Waals surface area contributed by atoms with E-state index in [1.165, 1.54) is 0 Å². The molecule has 0 unspecified atom stereocenters. The molecule has 0 aromatic carbocycles. The van der Waals surface area contributed by atoms with Crippen molar-refractivity contribution in [3.8, 4) is 0 Å². The van der Waals surface area contributed by atoms with Gasteiger partial charge in [-0.15, -0.1) is 0 Å². The number of alkyl carbamates (subject to hydrolysis) is 1. The average molecular weight is 299 g/mol. The molecule has 6 heteroatoms. The molecule has 1 fully saturated rings. The third-order valence-corrected chi connectivity index (χ3v) is 3.31. The molecule has 0 saturated carbocycles. The van der Waals surface area contributed by atoms with Gasteiger partial charge in [0, 0.05) is 6.04 Å². The molecule has 1 aliphatic heterocycles. The van der Waals surface area contributed by atoms with Crippen LogP contribution in [0.3, 0.4) is 0 Å². The second-order valence-electron chi connectivity index (χ2n) is 6.90. The zero-order chi connectivity index (χ0) is 16.0. The summed E-state index contributed by atoms with van der Waals surface area (Å²) in [5.74, 6) is -0.137. The molecule has 0 aromatic heterocycles. The lowest BCUT2D eigenvalue weighted by Crippen LogP contribution is -2.54. The Balaban J connectivity index is 2.55. The van der Waals surface area contributed by atoms with Crippen molar-refractivity contribution in [3.05, 3.63) is 0 Å². The first kappa shape index (κ1) is 17.8. The molecule has 1 saturated heterocycles. The zero-order valence-corrected chi connectivity index (χ0v) is 13.8. The fraction of sp³-hybridized carbons (Fsp3) is 0.867. The summed E-state index contributed by atoms with van der Waals surface area (Å²) < 4.78 is 5.22. The van der Waals surface area contributed by atoms with Crippen LogP contribution in [0.15, 0.2) is 0 Å². The molecule has 6 nitrogen and oxygen atoms in total. The molecule has 21 heavy (non-hydrogen) atoms. The Morgan fingerprint density at radius 1 is 1.19 bits per heavy atom. The van der Waals surface area contributed by atoms with Crippen molar-refractivity contribution >= 4 is 12.0 Å². The van der Waals surface area contributed by atoms with Crippen LogP contribution in [0.5, 0.6) is 0 Å². The Morgan fingerprint density at radius 3 is 2.24 bits per heavy atom. The van der Waals surface area contributed by atoms with Crippen molar-refractivity contribution in [2.75, 3.05) is 13.1 Å². The molecule has 0 aromatic rings. The minimum Gasteiger partial charge on any atom is -0.444 e. The highest BCUT2D eigenvalue weighted by molar-refractivity contribution is 5.86. The summed E-state index contributed by atoms with van der Waals surface area (Å²) in [5.41, 5.74) is -0.572. The zero-order valence-electron chi connectivity index (χ0n) is 13.8. The Kier molecular flexibility index (Phi) is 6.45. The third-order valence-electron chi connectivity index (χ3n) is 3.31. The number of nitrogens with one attached hydrogen (secondary N) is 3. The fourth-order valence-electron chi connectivity index (χ4n) is 2.23. The average Bonchev–Trinajstić information content (AvgIpc) is 2.34. The van der Waals surface area contributed by atoms with Gasteiger partial charge in [-0.3, -0.25) is 4.79 Å². The molecule has 0 bridgehead atoms. The molecule has 122 valence electrons. The van der Waals surface area contributed by atoms with Crippen molar-refractivity contribution in [2.45, 2.75) is 65.1 Å². The summed E-state index contributed by atoms with van der Waals surface area (Å²) in [4.78, 5) is 24.2. The second kappa shape index (κ2) is 7.64. The van der Waals surface area contributed by atoms with Gasteiger partial charge in [-0.25, -0.2) is 4.79 Å². The van der Waals surface area contributed by atoms with Gasteiger partial charge in [0.25, 0.3) is 0 Å². The number of piperidine rings is 1. The van der Waals surface area contributed by atoms with Crippen molar-refractivity contribution in [1.29, 1.82) is 0 Å². The lowest BCUT2D eigenvalue weighted by atomic mass is 10.0. The Hall–Kier alpha value is -1.30. The predicted octanol–water partition coefficient (Wildman–Crippen LogP) is 1.40. The summed E-state index contributed by atoms with van der Waals surface area (Å²) in [6.07, 6.45) is 1.29. The Morgan fingerprint density at radius 2 is 1.76 bits per heavy atom. The molecule has 1 aliphatic rings. The van der Waals surface area contributed by atoms with E-state index in [1.54, 1.807) is 20.8 Å². The quantitative estimate of drug-likeness (QED) is 0.733. The summed E-state index contributed by atoms with van der Waals surface area (Å²) in [6, 6.07) is -0.393. The minimum absolute atomic E-state index is 0.000709. The van der Waals surface area contributed by atoms with E-state index >= 15 is 0 Å². The lowest BCUT2D eigenvalue weighted by Gasteiger charge is -2.28. The molecule has 2 amide bonds. The van der Waals surface area contributed by atoms with E-state index in [0.717, 1.165) is 25.9 Å². The number of carbonyl (C=O) groups excluding carboxylic acids is 2. The first-order valence-corrected chi connectivity index (χ1v) is 7.69. The summed E-state index contributed by atoms with van der Waals surface area (Å²) in [5, 5.41) is 8.95. The van der Waals surface area contributed by atoms with E-state index in [2.05, 4.69) is 16.0 Å². The van der Waals surface area contributed by atoms with Crippen LogP contribution in [0.1, 0.15) is 47.5 Å². The van der Waals surface area contributed by atoms with E-state index in [9.17, 15) is 9.59 Å². The smallest absolute Gasteiger partial charge is 0.408 e. The van der Waals surface area contributed by atoms with Crippen LogP contribution >= 0.6 is 0 Å². The summed E-state index contributed by atoms with van der Waals surface area (Å²) >= 11 is 0. The fourth-order valence-corrected chi connectivity index (χ4v) is 2.23. The van der Waals surface area contributed by atoms with Crippen LogP contribution in [0.2, 0.25) is 0 Å². The molecule has 1 atom stereocenters. The van der Waals surface area contributed by atoms with Gasteiger partial charge in [0.15, 0.2) is 0 Å². The number of hydrogen-bond donors (Lipinski definition) is 3. The van der Waals surface area contributed by atoms with Crippen LogP contribution in [0.4, 0.5) is 4.79 Å². The first-order chi connectivity index (χ1) is 9.69. The Labute approximate surface area is 127 Å². The van der Waals surface area contributed by atoms with Crippen molar-refractivity contribution in [1.82, 2.24) is 16.0 Å². The first-order valence-electron chi connectivity index (χ1n) is 7.69. The number of rotatable bonds is 4. The molecule has 0 aliphatic carbocycles. The van der Waals surface area contributed by atoms with Gasteiger partial charge in [0.05, 0.1) is 0 Å². The third kappa shape index (κ3) is 6.80. The second-order valence-corrected chi connectivity index (χ2v) is 6.90. The van der Waals surface area contributed by atoms with Gasteiger partial charge in [0.1, 0.15) is 11.6 Å². The van der Waals surface area contributed by atoms with Gasteiger partial charge in [-0.2, -0.15) is 0 Å². The van der Waals surface area contributed by atoms with Gasteiger partial charge in [-0.1, -0.05) is 13.8 Å². The molecule has 0 radical (unpaired) electrons. The van der Waals surface area contributed by atoms with Gasteiger partial charge in [-0.05, 0) is 52.6 Å². The summed E-state index contributed by atoms with van der Waals surface area (Å²) in [7, 11) is 0. The van der Waals surface area contributed by atoms with E-state index in [-0.39, 0.29) is 17.9 Å². The number of amides is 2. The number of carbonyl (C=O) groups is 2. The summed E-state index contributed by atoms with van der Waals surface area (Å²) in [6.45, 7) is 11.0. The molecular weight excluding hydrogens is 270 g/mol. The highest BCUT2D eigenvalue weighted by Gasteiger charge is 2.28. The molecule has 1 heterocycles. The van der Waals surface area contributed by atoms with Gasteiger partial charge < -0.3 is 20.7 Å². The molecule has 3 N–H and O–H groups in total. The van der Waals surface area contributed by atoms with E-state index in [1.807, 2.05) is 13.8 Å². The predicted molar refractivity (Wildman–Crippen MR) is 82.0 cm³/mol. The molecule has 1 rings (SSSR count). The van der Waals surface area contributed by atoms with Gasteiger partial charge >= 0.3 is 6.09 Å². The maximum Gasteiger partial charge on any atom is 0.408 e. The standard InChI is InChI=1S/C15H29N3O3/c1-10(2)12(18-14(20)21-15(3,4)5)13(19)17-11-6-8-16-9-7-11/h10-12,16H,6-9H2,1-5H3,(H,17,19)(H,18,20)/t12-/m0/s1. The van der Waals surface area contributed by atoms with Crippen LogP contribution in [0.25, 0.3) is 0 Å². The largest absolute Gasteiger partial charge is 0.444 e. The van der Waals surface area contributed by atoms with E-state index in [4.69, 9.17) is 4.74 Å². The van der Waals surface area contributed by atoms with Crippen LogP contribution in [0, 0.1) is 5.92 Å². The van der Waals surface area contributed by atoms with Gasteiger partial charge in [0.2, 0.25) is 5.91 Å². The highest BCUT2D eigenvalue weighted by Crippen LogP contribution is 2.10. The van der Waals surface area contributed by atoms with Crippen LogP contribution < -0.4 is 16.0 Å². The number of hydrogen-bond acceptors (Lipinski definition) is 4. The highest BCUT2D eigenvalue weighted by atomic mass is 16.6. The number of ether oxygens (including phenoxy) is 1. The van der Waals surface area contributed by atoms with Crippen molar-refractivity contribution in [2.24, 2.45) is 5.92 Å². The van der Waals surface area contributed by atoms with Crippen LogP contribution in [-0.2, 0) is 9.53 Å². The van der Waals surface area contributed by atoms with E-state index < -0.39 is 17.7 Å². The van der Waals surface area contributed by atoms with Crippen molar-refractivity contribution in [3.63, 3.8) is 0 Å². The van der Waals surface area contributed by atoms with Crippen molar-refractivity contribution < 1.29 is 14.3 Å². The topological polar surface area (TPSA) is 79.5 Å².